The highest BCUT2D eigenvalue weighted by Gasteiger charge is 2.39. The van der Waals surface area contributed by atoms with Gasteiger partial charge in [0.15, 0.2) is 5.82 Å². The van der Waals surface area contributed by atoms with Crippen LogP contribution in [0.15, 0.2) is 18.3 Å². The van der Waals surface area contributed by atoms with Gasteiger partial charge in [-0.2, -0.15) is 18.3 Å². The summed E-state index contributed by atoms with van der Waals surface area (Å²) in [4.78, 5) is 10.1. The number of ether oxygens (including phenoxy) is 1. The Morgan fingerprint density at radius 2 is 2.21 bits per heavy atom. The van der Waals surface area contributed by atoms with Gasteiger partial charge >= 0.3 is 6.18 Å². The number of aryl methyl sites for hydroxylation is 1. The van der Waals surface area contributed by atoms with Crippen molar-refractivity contribution in [2.75, 3.05) is 13.7 Å². The smallest absolute Gasteiger partial charge is 0.380 e. The molecule has 3 rings (SSSR count). The van der Waals surface area contributed by atoms with Crippen molar-refractivity contribution in [3.8, 4) is 0 Å². The topological polar surface area (TPSA) is 66.9 Å². The largest absolute Gasteiger partial charge is 0.418 e. The van der Waals surface area contributed by atoms with Gasteiger partial charge in [0, 0.05) is 26.4 Å². The van der Waals surface area contributed by atoms with Gasteiger partial charge in [0.2, 0.25) is 0 Å². The van der Waals surface area contributed by atoms with Crippen LogP contribution >= 0.6 is 0 Å². The van der Waals surface area contributed by atoms with Crippen molar-refractivity contribution in [1.82, 2.24) is 25.1 Å². The van der Waals surface area contributed by atoms with Crippen molar-refractivity contribution >= 4 is 0 Å². The third kappa shape index (κ3) is 3.41. The number of rotatable bonds is 4. The molecule has 1 N–H and O–H groups in total. The molecule has 0 bridgehead atoms. The molecule has 3 heterocycles. The fraction of sp³-hybridized carbons (Fsp3) is 0.533. The van der Waals surface area contributed by atoms with Crippen molar-refractivity contribution in [3.63, 3.8) is 0 Å². The van der Waals surface area contributed by atoms with E-state index in [-0.39, 0.29) is 24.4 Å². The Kier molecular flexibility index (Phi) is 4.55. The molecule has 1 saturated heterocycles. The molecule has 2 aromatic rings. The summed E-state index contributed by atoms with van der Waals surface area (Å²) >= 11 is 0. The second-order valence-corrected chi connectivity index (χ2v) is 5.81. The summed E-state index contributed by atoms with van der Waals surface area (Å²) in [6.45, 7) is 2.35. The molecule has 0 unspecified atom stereocenters. The number of likely N-dealkylation sites (tertiary alicyclic amines) is 1. The van der Waals surface area contributed by atoms with E-state index in [1.165, 1.54) is 12.3 Å². The Labute approximate surface area is 137 Å². The third-order valence-corrected chi connectivity index (χ3v) is 4.16. The first kappa shape index (κ1) is 16.8. The molecule has 0 saturated carbocycles. The Morgan fingerprint density at radius 1 is 1.42 bits per heavy atom. The highest BCUT2D eigenvalue weighted by atomic mass is 19.4. The quantitative estimate of drug-likeness (QED) is 0.925. The molecule has 2 atom stereocenters. The molecule has 0 aromatic carbocycles. The van der Waals surface area contributed by atoms with Crippen molar-refractivity contribution in [3.05, 3.63) is 41.2 Å². The molecular weight excluding hydrogens is 323 g/mol. The number of H-pyrrole nitrogens is 1. The van der Waals surface area contributed by atoms with Gasteiger partial charge in [0.05, 0.1) is 23.4 Å². The average Bonchev–Trinajstić information content (AvgIpc) is 3.13. The molecular formula is C15H18F3N5O. The van der Waals surface area contributed by atoms with Crippen LogP contribution in [0.3, 0.4) is 0 Å². The molecule has 0 radical (unpaired) electrons. The van der Waals surface area contributed by atoms with E-state index in [0.29, 0.717) is 24.6 Å². The normalized spacial score (nSPS) is 22.2. The van der Waals surface area contributed by atoms with Gasteiger partial charge in [-0.15, -0.1) is 0 Å². The van der Waals surface area contributed by atoms with Crippen molar-refractivity contribution in [1.29, 1.82) is 0 Å². The molecule has 0 amide bonds. The van der Waals surface area contributed by atoms with Gasteiger partial charge in [-0.1, -0.05) is 0 Å². The summed E-state index contributed by atoms with van der Waals surface area (Å²) in [6.07, 6.45) is -2.50. The molecule has 1 aliphatic heterocycles. The lowest BCUT2D eigenvalue weighted by Gasteiger charge is -2.23. The van der Waals surface area contributed by atoms with Crippen LogP contribution in [-0.2, 0) is 17.5 Å². The Morgan fingerprint density at radius 3 is 2.83 bits per heavy atom. The molecule has 1 aliphatic rings. The van der Waals surface area contributed by atoms with E-state index >= 15 is 0 Å². The lowest BCUT2D eigenvalue weighted by atomic mass is 10.1. The lowest BCUT2D eigenvalue weighted by Crippen LogP contribution is -2.27. The third-order valence-electron chi connectivity index (χ3n) is 4.16. The van der Waals surface area contributed by atoms with Crippen LogP contribution in [0, 0.1) is 6.92 Å². The molecule has 0 spiro atoms. The van der Waals surface area contributed by atoms with Crippen LogP contribution in [-0.4, -0.2) is 44.8 Å². The van der Waals surface area contributed by atoms with Crippen LogP contribution in [0.5, 0.6) is 0 Å². The maximum absolute atomic E-state index is 13.2. The van der Waals surface area contributed by atoms with Crippen molar-refractivity contribution in [2.45, 2.75) is 38.2 Å². The highest BCUT2D eigenvalue weighted by molar-refractivity contribution is 5.23. The zero-order chi connectivity index (χ0) is 17.3. The van der Waals surface area contributed by atoms with E-state index in [1.54, 1.807) is 14.0 Å². The van der Waals surface area contributed by atoms with Gasteiger partial charge < -0.3 is 4.74 Å². The Hall–Kier alpha value is -2.00. The van der Waals surface area contributed by atoms with E-state index in [2.05, 4.69) is 20.2 Å². The maximum atomic E-state index is 13.2. The first-order valence-electron chi connectivity index (χ1n) is 7.55. The first-order chi connectivity index (χ1) is 11.4. The number of nitrogens with zero attached hydrogens (tertiary/aromatic N) is 4. The summed E-state index contributed by atoms with van der Waals surface area (Å²) < 4.78 is 44.9. The minimum Gasteiger partial charge on any atom is -0.380 e. The van der Waals surface area contributed by atoms with Crippen LogP contribution in [0.25, 0.3) is 0 Å². The van der Waals surface area contributed by atoms with Crippen LogP contribution in [0.1, 0.15) is 35.4 Å². The Bertz CT molecular complexity index is 702. The summed E-state index contributed by atoms with van der Waals surface area (Å²) in [5, 5.41) is 6.93. The van der Waals surface area contributed by atoms with Crippen LogP contribution < -0.4 is 0 Å². The zero-order valence-electron chi connectivity index (χ0n) is 13.3. The fourth-order valence-electron chi connectivity index (χ4n) is 3.00. The summed E-state index contributed by atoms with van der Waals surface area (Å²) in [5.41, 5.74) is -0.713. The van der Waals surface area contributed by atoms with E-state index < -0.39 is 11.7 Å². The standard InChI is InChI=1S/C15H18F3N5O/c1-9-20-14(22-21-9)13-6-10(24-2)7-23(13)8-12-11(15(16,17)18)4-3-5-19-12/h3-5,10,13H,6-8H2,1-2H3,(H,20,21,22)/t10-,13+/m1/s1. The fourth-order valence-corrected chi connectivity index (χ4v) is 3.00. The number of aromatic nitrogens is 4. The minimum absolute atomic E-state index is 0.000916. The van der Waals surface area contributed by atoms with Gasteiger partial charge in [-0.05, 0) is 25.5 Å². The number of pyridine rings is 1. The van der Waals surface area contributed by atoms with Gasteiger partial charge in [-0.25, -0.2) is 4.98 Å². The van der Waals surface area contributed by atoms with E-state index in [0.717, 1.165) is 6.07 Å². The number of halogens is 3. The highest BCUT2D eigenvalue weighted by Crippen LogP contribution is 2.36. The summed E-state index contributed by atoms with van der Waals surface area (Å²) in [5.74, 6) is 1.23. The van der Waals surface area contributed by atoms with Crippen molar-refractivity contribution < 1.29 is 17.9 Å². The molecule has 1 fully saturated rings. The summed E-state index contributed by atoms with van der Waals surface area (Å²) in [6, 6.07) is 2.14. The second kappa shape index (κ2) is 6.48. The summed E-state index contributed by atoms with van der Waals surface area (Å²) in [7, 11) is 1.59. The number of aromatic amines is 1. The van der Waals surface area contributed by atoms with E-state index in [9.17, 15) is 13.2 Å². The molecule has 6 nitrogen and oxygen atoms in total. The number of methoxy groups -OCH3 is 1. The van der Waals surface area contributed by atoms with E-state index in [4.69, 9.17) is 4.74 Å². The van der Waals surface area contributed by atoms with Crippen LogP contribution in [0.2, 0.25) is 0 Å². The average molecular weight is 341 g/mol. The second-order valence-electron chi connectivity index (χ2n) is 5.81. The lowest BCUT2D eigenvalue weighted by molar-refractivity contribution is -0.138. The molecule has 2 aromatic heterocycles. The minimum atomic E-state index is -4.43. The number of hydrogen-bond acceptors (Lipinski definition) is 5. The number of nitrogens with one attached hydrogen (secondary N) is 1. The van der Waals surface area contributed by atoms with Gasteiger partial charge in [0.1, 0.15) is 5.82 Å². The molecule has 130 valence electrons. The number of alkyl halides is 3. The van der Waals surface area contributed by atoms with Gasteiger partial charge in [0.25, 0.3) is 0 Å². The monoisotopic (exact) mass is 341 g/mol. The van der Waals surface area contributed by atoms with Crippen LogP contribution in [0.4, 0.5) is 13.2 Å². The van der Waals surface area contributed by atoms with Crippen molar-refractivity contribution in [2.24, 2.45) is 0 Å². The molecule has 0 aliphatic carbocycles. The van der Waals surface area contributed by atoms with Gasteiger partial charge in [-0.3, -0.25) is 15.0 Å². The zero-order valence-corrected chi connectivity index (χ0v) is 13.3. The molecule has 24 heavy (non-hydrogen) atoms. The Balaban J connectivity index is 1.87. The first-order valence-corrected chi connectivity index (χ1v) is 7.55. The maximum Gasteiger partial charge on any atom is 0.418 e. The van der Waals surface area contributed by atoms with E-state index in [1.807, 2.05) is 4.90 Å². The predicted molar refractivity (Wildman–Crippen MR) is 78.9 cm³/mol. The molecule has 9 heteroatoms. The predicted octanol–water partition coefficient (Wildman–Crippen LogP) is 2.49. The number of hydrogen-bond donors (Lipinski definition) is 1. The SMILES string of the molecule is CO[C@@H]1C[C@@H](c2n[nH]c(C)n2)N(Cc2ncccc2C(F)(F)F)C1.